The number of cyclic esters (lactones) is 1. The van der Waals surface area contributed by atoms with Crippen molar-refractivity contribution in [3.63, 3.8) is 0 Å². The molecule has 5 atom stereocenters. The number of carbonyl (C=O) groups excluding carboxylic acids is 6. The molecule has 0 spiro atoms. The second-order valence-corrected chi connectivity index (χ2v) is 18.0. The molecule has 2 aliphatic rings. The molecule has 0 fully saturated rings. The molecular formula is C48H58N2O11S. The Labute approximate surface area is 367 Å². The molecule has 2 amide bonds. The van der Waals surface area contributed by atoms with Crippen molar-refractivity contribution in [1.29, 1.82) is 0 Å². The largest absolute Gasteiger partial charge is 0.508 e. The number of rotatable bonds is 13. The van der Waals surface area contributed by atoms with Gasteiger partial charge in [0.25, 0.3) is 11.8 Å². The number of carbonyl (C=O) groups is 6. The van der Waals surface area contributed by atoms with Crippen molar-refractivity contribution in [3.05, 3.63) is 95.1 Å². The van der Waals surface area contributed by atoms with Gasteiger partial charge in [-0.15, -0.1) is 17.9 Å². The summed E-state index contributed by atoms with van der Waals surface area (Å²) in [6, 6.07) is 12.3. The fourth-order valence-electron chi connectivity index (χ4n) is 7.71. The molecular weight excluding hydrogens is 813 g/mol. The first-order valence-corrected chi connectivity index (χ1v) is 22.1. The summed E-state index contributed by atoms with van der Waals surface area (Å²) in [5, 5.41) is 12.4. The van der Waals surface area contributed by atoms with Crippen LogP contribution in [0.3, 0.4) is 0 Å². The highest BCUT2D eigenvalue weighted by molar-refractivity contribution is 7.18. The molecule has 0 saturated carbocycles. The van der Waals surface area contributed by atoms with Gasteiger partial charge in [-0.1, -0.05) is 63.1 Å². The van der Waals surface area contributed by atoms with Crippen LogP contribution in [0, 0.1) is 24.2 Å². The molecule has 332 valence electrons. The van der Waals surface area contributed by atoms with Gasteiger partial charge in [-0.25, -0.2) is 9.78 Å². The lowest BCUT2D eigenvalue weighted by atomic mass is 9.71. The molecule has 1 N–H and O–H groups in total. The van der Waals surface area contributed by atoms with Gasteiger partial charge in [0.05, 0.1) is 39.1 Å². The van der Waals surface area contributed by atoms with Crippen molar-refractivity contribution in [2.75, 3.05) is 6.54 Å². The van der Waals surface area contributed by atoms with Gasteiger partial charge in [0.15, 0.2) is 0 Å². The number of aliphatic hydroxyl groups excluding tert-OH is 1. The summed E-state index contributed by atoms with van der Waals surface area (Å²) in [5.41, 5.74) is 1.88. The average molecular weight is 871 g/mol. The minimum absolute atomic E-state index is 0.152. The third kappa shape index (κ3) is 13.0. The number of aromatic nitrogens is 1. The fourth-order valence-corrected chi connectivity index (χ4v) is 8.51. The quantitative estimate of drug-likeness (QED) is 0.0568. The highest BCUT2D eigenvalue weighted by Gasteiger charge is 2.45. The number of fused-ring (bicyclic) bond motifs is 1. The number of unbranched alkanes of at least 4 members (excludes halogenated alkanes) is 2. The molecule has 0 bridgehead atoms. The summed E-state index contributed by atoms with van der Waals surface area (Å²) in [6.45, 7) is 13.1. The van der Waals surface area contributed by atoms with Gasteiger partial charge in [0.2, 0.25) is 0 Å². The maximum atomic E-state index is 14.4. The molecule has 5 rings (SSSR count). The Morgan fingerprint density at radius 2 is 1.76 bits per heavy atom. The third-order valence-electron chi connectivity index (χ3n) is 11.5. The van der Waals surface area contributed by atoms with Crippen molar-refractivity contribution in [2.24, 2.45) is 17.3 Å². The molecule has 0 aliphatic carbocycles. The Morgan fingerprint density at radius 3 is 2.47 bits per heavy atom. The molecule has 2 aliphatic heterocycles. The topological polar surface area (TPSA) is 176 Å². The lowest BCUT2D eigenvalue weighted by Crippen LogP contribution is -2.47. The van der Waals surface area contributed by atoms with E-state index in [1.807, 2.05) is 39.0 Å². The van der Waals surface area contributed by atoms with E-state index in [0.717, 1.165) is 39.2 Å². The maximum absolute atomic E-state index is 14.4. The standard InChI is InChI=1S/C48H58N2O11S/c1-7-12-36-45(61-47(57)58-29-33-17-20-35(21-18-33)59-43(54)15-9-8-10-26-50-41(52)24-25-42(50)53)31(3)14-11-13-30(2)16-22-38(34-19-23-39-37(27-34)49-32(4)62-39)60-44(55)28-40(51)48(5,6)46(36)56/h7,16-21,23-25,27,31,36,38,40,45,51H,1,8-15,22,26,28-29H2,2-6H3/b30-16-/t31-,36+,38-,40-,45-/m0/s1. The summed E-state index contributed by atoms with van der Waals surface area (Å²) in [4.78, 5) is 82.8. The molecule has 1 aromatic heterocycles. The van der Waals surface area contributed by atoms with E-state index in [2.05, 4.69) is 17.6 Å². The highest BCUT2D eigenvalue weighted by Crippen LogP contribution is 2.37. The molecule has 3 aromatic rings. The molecule has 62 heavy (non-hydrogen) atoms. The number of allylic oxidation sites excluding steroid dienone is 2. The van der Waals surface area contributed by atoms with E-state index in [9.17, 15) is 33.9 Å². The minimum Gasteiger partial charge on any atom is -0.457 e. The number of aryl methyl sites for hydroxylation is 1. The first kappa shape index (κ1) is 47.6. The predicted molar refractivity (Wildman–Crippen MR) is 234 cm³/mol. The summed E-state index contributed by atoms with van der Waals surface area (Å²) >= 11 is 1.59. The van der Waals surface area contributed by atoms with Gasteiger partial charge in [0, 0.05) is 31.5 Å². The van der Waals surface area contributed by atoms with Gasteiger partial charge in [0.1, 0.15) is 30.3 Å². The van der Waals surface area contributed by atoms with Gasteiger partial charge < -0.3 is 24.1 Å². The first-order chi connectivity index (χ1) is 29.5. The normalized spacial score (nSPS) is 23.4. The number of Topliss-reactive ketones (excluding diaryl/α,β-unsaturated/α-hetero) is 1. The van der Waals surface area contributed by atoms with Crippen molar-refractivity contribution in [1.82, 2.24) is 9.88 Å². The smallest absolute Gasteiger partial charge is 0.457 e. The Balaban J connectivity index is 1.20. The van der Waals surface area contributed by atoms with Crippen LogP contribution < -0.4 is 4.74 Å². The first-order valence-electron chi connectivity index (χ1n) is 21.3. The van der Waals surface area contributed by atoms with Crippen molar-refractivity contribution >= 4 is 57.2 Å². The molecule has 13 nitrogen and oxygen atoms in total. The van der Waals surface area contributed by atoms with Gasteiger partial charge in [-0.05, 0) is 93.7 Å². The molecule has 3 heterocycles. The number of hydrogen-bond donors (Lipinski definition) is 1. The molecule has 0 unspecified atom stereocenters. The second-order valence-electron chi connectivity index (χ2n) is 16.7. The van der Waals surface area contributed by atoms with Crippen molar-refractivity contribution < 1.29 is 52.8 Å². The molecule has 0 radical (unpaired) electrons. The van der Waals surface area contributed by atoms with E-state index in [1.54, 1.807) is 55.5 Å². The van der Waals surface area contributed by atoms with E-state index in [-0.39, 0.29) is 43.0 Å². The summed E-state index contributed by atoms with van der Waals surface area (Å²) < 4.78 is 24.0. The lowest BCUT2D eigenvalue weighted by molar-refractivity contribution is -0.156. The fraction of sp³-hybridized carbons (Fsp3) is 0.479. The Morgan fingerprint density at radius 1 is 1.03 bits per heavy atom. The van der Waals surface area contributed by atoms with Crippen LogP contribution in [-0.2, 0) is 44.8 Å². The van der Waals surface area contributed by atoms with Crippen LogP contribution in [0.5, 0.6) is 5.75 Å². The van der Waals surface area contributed by atoms with Gasteiger partial charge in [-0.2, -0.15) is 0 Å². The van der Waals surface area contributed by atoms with Crippen molar-refractivity contribution in [3.8, 4) is 5.75 Å². The summed E-state index contributed by atoms with van der Waals surface area (Å²) in [7, 11) is 0. The zero-order valence-electron chi connectivity index (χ0n) is 36.3. The zero-order valence-corrected chi connectivity index (χ0v) is 37.1. The van der Waals surface area contributed by atoms with Crippen LogP contribution in [0.1, 0.15) is 114 Å². The van der Waals surface area contributed by atoms with E-state index in [0.29, 0.717) is 50.0 Å². The maximum Gasteiger partial charge on any atom is 0.508 e. The number of thiazole rings is 1. The molecule has 14 heteroatoms. The predicted octanol–water partition coefficient (Wildman–Crippen LogP) is 9.00. The second kappa shape index (κ2) is 22.1. The number of hydrogen-bond acceptors (Lipinski definition) is 13. The highest BCUT2D eigenvalue weighted by atomic mass is 32.1. The monoisotopic (exact) mass is 870 g/mol. The number of benzene rings is 2. The number of esters is 2. The lowest BCUT2D eigenvalue weighted by Gasteiger charge is -2.37. The zero-order chi connectivity index (χ0) is 45.0. The van der Waals surface area contributed by atoms with Crippen LogP contribution in [0.2, 0.25) is 0 Å². The van der Waals surface area contributed by atoms with Crippen molar-refractivity contribution in [2.45, 2.75) is 124 Å². The Bertz CT molecular complexity index is 2150. The minimum atomic E-state index is -1.43. The number of aliphatic hydroxyl groups is 1. The number of nitrogens with zero attached hydrogens (tertiary/aromatic N) is 2. The number of amides is 2. The number of ether oxygens (including phenoxy) is 4. The Hall–Kier alpha value is -5.47. The van der Waals surface area contributed by atoms with E-state index >= 15 is 0 Å². The van der Waals surface area contributed by atoms with Gasteiger partial charge in [-0.3, -0.25) is 28.9 Å². The van der Waals surface area contributed by atoms with Crippen LogP contribution in [0.25, 0.3) is 10.2 Å². The third-order valence-corrected chi connectivity index (χ3v) is 12.5. The van der Waals surface area contributed by atoms with Crippen LogP contribution >= 0.6 is 11.3 Å². The summed E-state index contributed by atoms with van der Waals surface area (Å²) in [6.07, 6.45) is 6.34. The van der Waals surface area contributed by atoms with Crippen LogP contribution in [0.15, 0.2) is 78.9 Å². The molecule has 2 aromatic carbocycles. The average Bonchev–Trinajstić information content (AvgIpc) is 3.77. The van der Waals surface area contributed by atoms with Crippen LogP contribution in [0.4, 0.5) is 4.79 Å². The molecule has 0 saturated heterocycles. The van der Waals surface area contributed by atoms with Gasteiger partial charge >= 0.3 is 18.1 Å². The van der Waals surface area contributed by atoms with Crippen LogP contribution in [-0.4, -0.2) is 69.4 Å². The van der Waals surface area contributed by atoms with E-state index in [4.69, 9.17) is 18.9 Å². The van der Waals surface area contributed by atoms with E-state index < -0.39 is 54.2 Å². The SMILES string of the molecule is C=CC[C@H]1C(=O)C(C)(C)[C@@H](O)CC(=O)O[C@H](c2ccc3sc(C)nc3c2)C/C=C(/C)CCC[C@H](C)[C@@H]1OC(=O)OCc1ccc(OC(=O)CCCCCN2C(=O)C=CC2=O)cc1. The number of imide groups is 1. The summed E-state index contributed by atoms with van der Waals surface area (Å²) in [5.74, 6) is -2.98. The Kier molecular flexibility index (Phi) is 16.9. The van der Waals surface area contributed by atoms with E-state index in [1.165, 1.54) is 17.1 Å². The number of ketones is 1.